The molecule has 0 atom stereocenters. The highest BCUT2D eigenvalue weighted by Gasteiger charge is 2.08. The molecule has 0 N–H and O–H groups in total. The quantitative estimate of drug-likeness (QED) is 0.494. The summed E-state index contributed by atoms with van der Waals surface area (Å²) in [6.45, 7) is 12.6. The summed E-state index contributed by atoms with van der Waals surface area (Å²) in [5.41, 5.74) is 1.19. The summed E-state index contributed by atoms with van der Waals surface area (Å²) in [6, 6.07) is 0. The highest BCUT2D eigenvalue weighted by molar-refractivity contribution is 5.16. The summed E-state index contributed by atoms with van der Waals surface area (Å²) < 4.78 is 5.40. The van der Waals surface area contributed by atoms with Crippen LogP contribution in [0.1, 0.15) is 46.0 Å². The van der Waals surface area contributed by atoms with Gasteiger partial charge in [-0.3, -0.25) is 0 Å². The maximum Gasteiger partial charge on any atom is 0.0931 e. The standard InChI is InChI=1S/C15H27NO/c1-4-17-15(3)13-14(2)9-8-12-16-10-6-5-7-11-16/h13H,2,4-12H2,1,3H3/b15-13+. The molecule has 98 valence electrons. The fourth-order valence-corrected chi connectivity index (χ4v) is 2.34. The topological polar surface area (TPSA) is 12.5 Å². The predicted molar refractivity (Wildman–Crippen MR) is 74.0 cm³/mol. The van der Waals surface area contributed by atoms with E-state index in [4.69, 9.17) is 4.74 Å². The first kappa shape index (κ1) is 14.3. The first-order valence-electron chi connectivity index (χ1n) is 6.93. The van der Waals surface area contributed by atoms with Gasteiger partial charge in [0.05, 0.1) is 12.4 Å². The van der Waals surface area contributed by atoms with Crippen LogP contribution >= 0.6 is 0 Å². The van der Waals surface area contributed by atoms with E-state index in [1.54, 1.807) is 0 Å². The predicted octanol–water partition coefficient (Wildman–Crippen LogP) is 3.75. The normalized spacial score (nSPS) is 18.1. The molecule has 0 aromatic heterocycles. The lowest BCUT2D eigenvalue weighted by atomic mass is 10.1. The van der Waals surface area contributed by atoms with Crippen LogP contribution in [0.4, 0.5) is 0 Å². The molecule has 0 unspecified atom stereocenters. The molecule has 0 saturated carbocycles. The van der Waals surface area contributed by atoms with Gasteiger partial charge in [-0.2, -0.15) is 0 Å². The molecule has 0 bridgehead atoms. The summed E-state index contributed by atoms with van der Waals surface area (Å²) in [6.07, 6.45) is 8.55. The van der Waals surface area contributed by atoms with Crippen molar-refractivity contribution in [2.45, 2.75) is 46.0 Å². The fourth-order valence-electron chi connectivity index (χ4n) is 2.34. The Morgan fingerprint density at radius 3 is 2.65 bits per heavy atom. The van der Waals surface area contributed by atoms with E-state index in [2.05, 4.69) is 17.6 Å². The number of allylic oxidation sites excluding steroid dienone is 3. The second-order valence-electron chi connectivity index (χ2n) is 4.85. The molecule has 0 aliphatic carbocycles. The highest BCUT2D eigenvalue weighted by Crippen LogP contribution is 2.12. The Hall–Kier alpha value is -0.760. The van der Waals surface area contributed by atoms with Crippen molar-refractivity contribution in [2.24, 2.45) is 0 Å². The minimum absolute atomic E-state index is 0.739. The summed E-state index contributed by atoms with van der Waals surface area (Å²) in [7, 11) is 0. The Balaban J connectivity index is 2.12. The molecule has 0 spiro atoms. The van der Waals surface area contributed by atoms with Crippen LogP contribution < -0.4 is 0 Å². The van der Waals surface area contributed by atoms with Crippen LogP contribution in [0.15, 0.2) is 24.0 Å². The second-order valence-corrected chi connectivity index (χ2v) is 4.85. The van der Waals surface area contributed by atoms with Crippen LogP contribution in [0.25, 0.3) is 0 Å². The van der Waals surface area contributed by atoms with Crippen molar-refractivity contribution in [1.82, 2.24) is 4.90 Å². The van der Waals surface area contributed by atoms with Crippen molar-refractivity contribution in [3.63, 3.8) is 0 Å². The highest BCUT2D eigenvalue weighted by atomic mass is 16.5. The van der Waals surface area contributed by atoms with E-state index >= 15 is 0 Å². The van der Waals surface area contributed by atoms with Gasteiger partial charge in [0, 0.05) is 0 Å². The van der Waals surface area contributed by atoms with Crippen molar-refractivity contribution in [2.75, 3.05) is 26.2 Å². The van der Waals surface area contributed by atoms with Crippen LogP contribution in [0, 0.1) is 0 Å². The molecule has 1 fully saturated rings. The average molecular weight is 237 g/mol. The largest absolute Gasteiger partial charge is 0.499 e. The number of rotatable bonds is 7. The van der Waals surface area contributed by atoms with Gasteiger partial charge in [0.2, 0.25) is 0 Å². The molecule has 1 saturated heterocycles. The van der Waals surface area contributed by atoms with E-state index < -0.39 is 0 Å². The molecule has 0 radical (unpaired) electrons. The van der Waals surface area contributed by atoms with Crippen molar-refractivity contribution < 1.29 is 4.74 Å². The van der Waals surface area contributed by atoms with Crippen LogP contribution in [-0.2, 0) is 4.74 Å². The van der Waals surface area contributed by atoms with Crippen LogP contribution in [0.5, 0.6) is 0 Å². The van der Waals surface area contributed by atoms with Gasteiger partial charge in [-0.15, -0.1) is 0 Å². The van der Waals surface area contributed by atoms with Gasteiger partial charge in [-0.25, -0.2) is 0 Å². The lowest BCUT2D eigenvalue weighted by Gasteiger charge is -2.26. The smallest absolute Gasteiger partial charge is 0.0931 e. The zero-order chi connectivity index (χ0) is 12.5. The van der Waals surface area contributed by atoms with E-state index in [1.165, 1.54) is 50.9 Å². The molecule has 1 aliphatic heterocycles. The van der Waals surface area contributed by atoms with Gasteiger partial charge in [-0.05, 0) is 65.2 Å². The van der Waals surface area contributed by atoms with Gasteiger partial charge >= 0.3 is 0 Å². The number of ether oxygens (including phenoxy) is 1. The number of piperidine rings is 1. The summed E-state index contributed by atoms with van der Waals surface area (Å²) in [4.78, 5) is 2.58. The lowest BCUT2D eigenvalue weighted by Crippen LogP contribution is -2.30. The Morgan fingerprint density at radius 1 is 1.29 bits per heavy atom. The second kappa shape index (κ2) is 8.35. The van der Waals surface area contributed by atoms with E-state index in [0.29, 0.717) is 0 Å². The average Bonchev–Trinajstić information content (AvgIpc) is 2.30. The first-order valence-corrected chi connectivity index (χ1v) is 6.93. The number of likely N-dealkylation sites (tertiary alicyclic amines) is 1. The Labute approximate surface area is 106 Å². The maximum absolute atomic E-state index is 5.40. The van der Waals surface area contributed by atoms with Crippen LogP contribution in [0.2, 0.25) is 0 Å². The monoisotopic (exact) mass is 237 g/mol. The summed E-state index contributed by atoms with van der Waals surface area (Å²) >= 11 is 0. The van der Waals surface area contributed by atoms with Crippen LogP contribution in [0.3, 0.4) is 0 Å². The molecule has 2 nitrogen and oxygen atoms in total. The third-order valence-corrected chi connectivity index (χ3v) is 3.20. The van der Waals surface area contributed by atoms with E-state index in [1.807, 2.05) is 13.8 Å². The van der Waals surface area contributed by atoms with Gasteiger partial charge in [0.25, 0.3) is 0 Å². The zero-order valence-electron chi connectivity index (χ0n) is 11.5. The Kier molecular flexibility index (Phi) is 7.02. The van der Waals surface area contributed by atoms with E-state index in [-0.39, 0.29) is 0 Å². The minimum Gasteiger partial charge on any atom is -0.499 e. The molecule has 0 aromatic rings. The first-order chi connectivity index (χ1) is 8.22. The Bertz CT molecular complexity index is 252. The van der Waals surface area contributed by atoms with Gasteiger partial charge in [-0.1, -0.05) is 18.6 Å². The number of hydrogen-bond acceptors (Lipinski definition) is 2. The Morgan fingerprint density at radius 2 is 2.00 bits per heavy atom. The molecule has 2 heteroatoms. The molecule has 1 heterocycles. The zero-order valence-corrected chi connectivity index (χ0v) is 11.5. The van der Waals surface area contributed by atoms with Crippen molar-refractivity contribution >= 4 is 0 Å². The van der Waals surface area contributed by atoms with Crippen molar-refractivity contribution in [3.8, 4) is 0 Å². The molecule has 0 amide bonds. The summed E-state index contributed by atoms with van der Waals surface area (Å²) in [5, 5.41) is 0. The SMILES string of the molecule is C=C(/C=C(\C)OCC)CCCN1CCCCC1. The summed E-state index contributed by atoms with van der Waals surface area (Å²) in [5.74, 6) is 0.982. The molecule has 0 aromatic carbocycles. The third kappa shape index (κ3) is 6.52. The van der Waals surface area contributed by atoms with E-state index in [9.17, 15) is 0 Å². The van der Waals surface area contributed by atoms with E-state index in [0.717, 1.165) is 18.8 Å². The third-order valence-electron chi connectivity index (χ3n) is 3.20. The molecule has 17 heavy (non-hydrogen) atoms. The van der Waals surface area contributed by atoms with Gasteiger partial charge in [0.1, 0.15) is 0 Å². The van der Waals surface area contributed by atoms with Gasteiger partial charge < -0.3 is 9.64 Å². The molecule has 1 aliphatic rings. The number of hydrogen-bond donors (Lipinski definition) is 0. The number of nitrogens with zero attached hydrogens (tertiary/aromatic N) is 1. The van der Waals surface area contributed by atoms with Crippen LogP contribution in [-0.4, -0.2) is 31.1 Å². The fraction of sp³-hybridized carbons (Fsp3) is 0.733. The molecular formula is C15H27NO. The van der Waals surface area contributed by atoms with Crippen molar-refractivity contribution in [3.05, 3.63) is 24.0 Å². The molecule has 1 rings (SSSR count). The lowest BCUT2D eigenvalue weighted by molar-refractivity contribution is 0.226. The maximum atomic E-state index is 5.40. The minimum atomic E-state index is 0.739. The van der Waals surface area contributed by atoms with Crippen molar-refractivity contribution in [1.29, 1.82) is 0 Å². The van der Waals surface area contributed by atoms with Gasteiger partial charge in [0.15, 0.2) is 0 Å². The molecular weight excluding hydrogens is 210 g/mol.